The zero-order valence-corrected chi connectivity index (χ0v) is 69.8. The summed E-state index contributed by atoms with van der Waals surface area (Å²) in [7, 11) is 0. The molecule has 35 nitrogen and oxygen atoms in total. The van der Waals surface area contributed by atoms with Crippen LogP contribution in [0.25, 0.3) is 28.0 Å². The summed E-state index contributed by atoms with van der Waals surface area (Å²) in [5.41, 5.74) is 7.81. The lowest BCUT2D eigenvalue weighted by Crippen LogP contribution is -2.38. The number of nitrogens with zero attached hydrogens (tertiary/aromatic N) is 24. The summed E-state index contributed by atoms with van der Waals surface area (Å²) in [6, 6.07) is 17.7. The van der Waals surface area contributed by atoms with E-state index < -0.39 is 0 Å². The normalized spacial score (nSPS) is 19.2. The molecule has 7 aliphatic heterocycles. The minimum Gasteiger partial charge on any atom is -0.393 e. The van der Waals surface area contributed by atoms with Crippen LogP contribution in [0.4, 0.5) is 43.7 Å². The highest BCUT2D eigenvalue weighted by Gasteiger charge is 2.34. The minimum atomic E-state index is -0.343. The van der Waals surface area contributed by atoms with Crippen molar-refractivity contribution in [1.82, 2.24) is 104 Å². The topological polar surface area (TPSA) is 377 Å². The molecule has 0 saturated carbocycles. The second-order valence-corrected chi connectivity index (χ2v) is 33.7. The van der Waals surface area contributed by atoms with Gasteiger partial charge >= 0.3 is 0 Å². The molecule has 7 N–H and O–H groups in total. The van der Waals surface area contributed by atoms with E-state index in [0.29, 0.717) is 41.8 Å². The van der Waals surface area contributed by atoms with Crippen molar-refractivity contribution in [2.45, 2.75) is 140 Å². The second kappa shape index (κ2) is 36.9. The molecule has 0 unspecified atom stereocenters. The predicted octanol–water partition coefficient (Wildman–Crippen LogP) is 7.15. The van der Waals surface area contributed by atoms with Crippen molar-refractivity contribution in [3.05, 3.63) is 192 Å². The lowest BCUT2D eigenvalue weighted by Gasteiger charge is -2.30. The van der Waals surface area contributed by atoms with Gasteiger partial charge in [-0.1, -0.05) is 20.8 Å². The molecule has 636 valence electrons. The molecule has 122 heavy (non-hydrogen) atoms. The number of anilines is 7. The fourth-order valence-corrected chi connectivity index (χ4v) is 18.1. The van der Waals surface area contributed by atoms with Crippen molar-refractivity contribution in [3.8, 4) is 5.69 Å². The Hall–Kier alpha value is -12.4. The van der Waals surface area contributed by atoms with Crippen molar-refractivity contribution in [1.29, 1.82) is 0 Å². The molecule has 1 aromatic carbocycles. The highest BCUT2D eigenvalue weighted by Crippen LogP contribution is 2.32. The summed E-state index contributed by atoms with van der Waals surface area (Å²) >= 11 is 2.99. The van der Waals surface area contributed by atoms with E-state index in [1.165, 1.54) is 45.8 Å². The van der Waals surface area contributed by atoms with Gasteiger partial charge in [-0.05, 0) is 137 Å². The Balaban J connectivity index is 0.000000116. The first kappa shape index (κ1) is 81.9. The van der Waals surface area contributed by atoms with Crippen LogP contribution in [0.5, 0.6) is 0 Å². The summed E-state index contributed by atoms with van der Waals surface area (Å²) in [6.45, 7) is 17.1. The number of amides is 4. The molecule has 0 radical (unpaired) electrons. The van der Waals surface area contributed by atoms with Crippen LogP contribution >= 0.6 is 22.7 Å². The first-order valence-electron chi connectivity index (χ1n) is 41.9. The average Bonchev–Trinajstić information content (AvgIpc) is 1.59. The Kier molecular flexibility index (Phi) is 24.8. The third-order valence-electron chi connectivity index (χ3n) is 23.3. The Morgan fingerprint density at radius 3 is 1.35 bits per heavy atom. The number of rotatable bonds is 18. The SMILES string of the molecule is CC(C)c1cn2cccc2c(N2CC[C@H](NC(=O)c3csc(N4CCC(O)CC4)n3)C2)n1.CCc1cn2cccc2c(N2CC[C@H](NC(=O)c3csc(N4CCC(O)CC4)n3)C2)n1.O=C(N[C@@H]1CCN(c2nccn3ccnc23)C1)c1ncn(-c2ccc(F)cc2)n1.O=C(N[C@H]1CCN(c2nccn3ccnc23)C1)c1ccc(N2CCC(O)CC2)nn1. The lowest BCUT2D eigenvalue weighted by atomic mass is 10.1. The van der Waals surface area contributed by atoms with Gasteiger partial charge in [0.25, 0.3) is 23.6 Å². The van der Waals surface area contributed by atoms with E-state index in [9.17, 15) is 38.9 Å². The van der Waals surface area contributed by atoms with Crippen LogP contribution in [0.15, 0.2) is 152 Å². The quantitative estimate of drug-likeness (QED) is 0.0448. The molecule has 12 aromatic heterocycles. The first-order chi connectivity index (χ1) is 59.4. The molecule has 4 atom stereocenters. The number of aliphatic hydroxyl groups is 3. The van der Waals surface area contributed by atoms with Crippen molar-refractivity contribution in [2.24, 2.45) is 0 Å². The summed E-state index contributed by atoms with van der Waals surface area (Å²) in [4.78, 5) is 107. The van der Waals surface area contributed by atoms with Crippen LogP contribution in [0.2, 0.25) is 0 Å². The maximum Gasteiger partial charge on any atom is 0.291 e. The third-order valence-corrected chi connectivity index (χ3v) is 25.1. The number of nitrogens with one attached hydrogen (secondary N) is 4. The van der Waals surface area contributed by atoms with Crippen molar-refractivity contribution >= 4 is 108 Å². The molecule has 4 amide bonds. The van der Waals surface area contributed by atoms with Gasteiger partial charge < -0.3 is 88.5 Å². The number of carbonyl (C=O) groups excluding carboxylic acids is 4. The zero-order chi connectivity index (χ0) is 83.9. The molecular weight excluding hydrogens is 1600 g/mol. The molecule has 0 aliphatic carbocycles. The maximum atomic E-state index is 13.1. The third kappa shape index (κ3) is 18.9. The lowest BCUT2D eigenvalue weighted by molar-refractivity contribution is 0.0923. The van der Waals surface area contributed by atoms with Gasteiger partial charge in [-0.25, -0.2) is 53.9 Å². The number of benzene rings is 1. The Bertz CT molecular complexity index is 5770. The van der Waals surface area contributed by atoms with Crippen LogP contribution in [0, 0.1) is 5.82 Å². The Labute approximate surface area is 710 Å². The molecule has 0 bridgehead atoms. The van der Waals surface area contributed by atoms with Crippen molar-refractivity contribution in [2.75, 3.05) is 126 Å². The molecule has 7 fully saturated rings. The number of aryl methyl sites for hydroxylation is 1. The van der Waals surface area contributed by atoms with Gasteiger partial charge in [0.2, 0.25) is 5.82 Å². The molecule has 7 saturated heterocycles. The summed E-state index contributed by atoms with van der Waals surface area (Å²) in [6.07, 6.45) is 32.3. The molecular formula is C84H99FN28O7S2. The van der Waals surface area contributed by atoms with E-state index >= 15 is 0 Å². The van der Waals surface area contributed by atoms with Crippen LogP contribution in [0.1, 0.15) is 144 Å². The number of hydrogen-bond acceptors (Lipinski definition) is 28. The van der Waals surface area contributed by atoms with Crippen molar-refractivity contribution in [3.63, 3.8) is 0 Å². The average molecular weight is 1700 g/mol. The Morgan fingerprint density at radius 1 is 0.451 bits per heavy atom. The van der Waals surface area contributed by atoms with Gasteiger partial charge in [0.15, 0.2) is 56.3 Å². The Morgan fingerprint density at radius 2 is 0.885 bits per heavy atom. The number of fused-ring (bicyclic) bond motifs is 4. The number of imidazole rings is 2. The van der Waals surface area contributed by atoms with Crippen LogP contribution in [-0.4, -0.2) is 255 Å². The smallest absolute Gasteiger partial charge is 0.291 e. The van der Waals surface area contributed by atoms with Crippen LogP contribution in [0.3, 0.4) is 0 Å². The highest BCUT2D eigenvalue weighted by molar-refractivity contribution is 7.14. The van der Waals surface area contributed by atoms with E-state index in [-0.39, 0.29) is 77.7 Å². The predicted molar refractivity (Wildman–Crippen MR) is 462 cm³/mol. The zero-order valence-electron chi connectivity index (χ0n) is 68.1. The summed E-state index contributed by atoms with van der Waals surface area (Å²) < 4.78 is 22.6. The minimum absolute atomic E-state index is 0.0135. The fraction of sp³-hybridized carbons (Fsp3) is 0.429. The number of hydrogen-bond donors (Lipinski definition) is 7. The van der Waals surface area contributed by atoms with E-state index in [1.54, 1.807) is 43.0 Å². The molecule has 38 heteroatoms. The van der Waals surface area contributed by atoms with Crippen LogP contribution in [-0.2, 0) is 6.42 Å². The van der Waals surface area contributed by atoms with Crippen LogP contribution < -0.4 is 55.6 Å². The van der Waals surface area contributed by atoms with Gasteiger partial charge in [0, 0.05) is 201 Å². The number of aromatic nitrogens is 17. The molecule has 20 rings (SSSR count). The number of piperidine rings is 3. The van der Waals surface area contributed by atoms with E-state index in [2.05, 4.69) is 172 Å². The number of halogens is 1. The maximum absolute atomic E-state index is 13.1. The fourth-order valence-electron chi connectivity index (χ4n) is 16.4. The standard InChI is InChI=1S/C23H30N6O2S.C22H28N6O2S.C20H24N8O2.C19H17FN8O/c1-15(2)18-13-28-8-3-4-20(28)21(25-18)29-9-5-16(12-29)24-22(31)19-14-32-23(26-19)27-10-6-17(30)7-11-27;1-2-15-12-27-8-3-4-19(27)20(23-15)28-9-5-16(13-28)24-21(30)18-14-31-22(25-18)26-10-6-17(29)7-11-26;29-15-4-9-26(10-5-15)17-2-1-16(24-25-17)20(30)23-14-3-8-28(13-14)19-18-21-6-11-27(18)12-7-22-19;20-13-1-3-15(4-2-13)28-12-23-16(25-28)19(29)24-14-5-8-27(11-14)18-17-21-6-9-26(17)10-7-22-18/h3-4,8,13-17,30H,5-7,9-12H2,1-2H3,(H,24,31);3-4,8,12,14,16-17,29H,2,5-7,9-11,13H2,1H3,(H,24,30);1-2,6-7,11-12,14-15,29H,3-5,8-10,13H2,(H,23,30);1-4,6-7,9-10,12,14H,5,8,11H2,(H,24,29)/t2*16-;2*14-/m0001/s1. The van der Waals surface area contributed by atoms with E-state index in [1.807, 2.05) is 62.5 Å². The highest BCUT2D eigenvalue weighted by atomic mass is 32.1. The van der Waals surface area contributed by atoms with E-state index in [4.69, 9.17) is 9.97 Å². The van der Waals surface area contributed by atoms with Crippen molar-refractivity contribution < 1.29 is 38.9 Å². The summed E-state index contributed by atoms with van der Waals surface area (Å²) in [5, 5.41) is 59.3. The largest absolute Gasteiger partial charge is 0.393 e. The van der Waals surface area contributed by atoms with Gasteiger partial charge in [0.1, 0.15) is 23.5 Å². The monoisotopic (exact) mass is 1690 g/mol. The molecule has 19 heterocycles. The molecule has 13 aromatic rings. The number of thiazole rings is 2. The number of aliphatic hydroxyl groups excluding tert-OH is 3. The van der Waals surface area contributed by atoms with Gasteiger partial charge in [0.05, 0.1) is 46.4 Å². The van der Waals surface area contributed by atoms with Gasteiger partial charge in [-0.3, -0.25) is 19.2 Å². The first-order valence-corrected chi connectivity index (χ1v) is 43.6. The molecule has 7 aliphatic rings. The molecule has 0 spiro atoms. The number of carbonyl (C=O) groups is 4. The second-order valence-electron chi connectivity index (χ2n) is 32.0. The van der Waals surface area contributed by atoms with Gasteiger partial charge in [-0.2, -0.15) is 0 Å². The van der Waals surface area contributed by atoms with E-state index in [0.717, 1.165) is 222 Å². The summed E-state index contributed by atoms with van der Waals surface area (Å²) in [5.74, 6) is 3.63. The van der Waals surface area contributed by atoms with Gasteiger partial charge in [-0.15, -0.1) is 38.0 Å².